The zero-order chi connectivity index (χ0) is 13.8. The highest BCUT2D eigenvalue weighted by Gasteiger charge is 2.28. The van der Waals surface area contributed by atoms with Crippen molar-refractivity contribution in [2.24, 2.45) is 0 Å². The fourth-order valence-corrected chi connectivity index (χ4v) is 2.21. The largest absolute Gasteiger partial charge is 0.399 e. The third-order valence-corrected chi connectivity index (χ3v) is 3.45. The van der Waals surface area contributed by atoms with E-state index in [1.54, 1.807) is 9.80 Å². The second-order valence-corrected chi connectivity index (χ2v) is 4.67. The molecule has 0 aliphatic carbocycles. The average Bonchev–Trinajstić information content (AvgIpc) is 2.41. The molecule has 0 radical (unpaired) electrons. The molecule has 5 nitrogen and oxygen atoms in total. The molecule has 0 bridgehead atoms. The number of hydrogen-bond donors (Lipinski definition) is 1. The smallest absolute Gasteiger partial charge is 0.242 e. The van der Waals surface area contributed by atoms with Crippen LogP contribution in [0.15, 0.2) is 24.3 Å². The van der Waals surface area contributed by atoms with E-state index in [2.05, 4.69) is 0 Å². The number of likely N-dealkylation sites (N-methyl/N-ethyl adjacent to an activating group) is 1. The minimum absolute atomic E-state index is 0.0101. The Morgan fingerprint density at radius 3 is 2.42 bits per heavy atom. The minimum atomic E-state index is 0.0101. The van der Waals surface area contributed by atoms with E-state index in [1.807, 2.05) is 31.2 Å². The fraction of sp³-hybridized carbons (Fsp3) is 0.429. The quantitative estimate of drug-likeness (QED) is 0.803. The van der Waals surface area contributed by atoms with Gasteiger partial charge in [-0.2, -0.15) is 0 Å². The van der Waals surface area contributed by atoms with E-state index in [-0.39, 0.29) is 24.9 Å². The molecule has 1 aromatic carbocycles. The molecule has 2 N–H and O–H groups in total. The van der Waals surface area contributed by atoms with Crippen LogP contribution in [0.1, 0.15) is 12.5 Å². The van der Waals surface area contributed by atoms with Crippen molar-refractivity contribution < 1.29 is 9.59 Å². The predicted molar refractivity (Wildman–Crippen MR) is 73.4 cm³/mol. The summed E-state index contributed by atoms with van der Waals surface area (Å²) in [6.45, 7) is 3.38. The maximum atomic E-state index is 11.9. The molecule has 0 atom stereocenters. The van der Waals surface area contributed by atoms with Crippen molar-refractivity contribution in [1.82, 2.24) is 9.80 Å². The van der Waals surface area contributed by atoms with Gasteiger partial charge in [0, 0.05) is 18.8 Å². The number of carbonyl (C=O) groups excluding carboxylic acids is 2. The van der Waals surface area contributed by atoms with E-state index in [9.17, 15) is 9.59 Å². The minimum Gasteiger partial charge on any atom is -0.399 e. The Balaban J connectivity index is 1.95. The second-order valence-electron chi connectivity index (χ2n) is 4.67. The molecule has 1 saturated heterocycles. The number of hydrogen-bond acceptors (Lipinski definition) is 3. The van der Waals surface area contributed by atoms with Crippen molar-refractivity contribution in [3.8, 4) is 0 Å². The van der Waals surface area contributed by atoms with Crippen LogP contribution < -0.4 is 5.73 Å². The van der Waals surface area contributed by atoms with Gasteiger partial charge in [0.05, 0.1) is 13.1 Å². The molecule has 0 saturated carbocycles. The summed E-state index contributed by atoms with van der Waals surface area (Å²) in [5.41, 5.74) is 7.61. The highest BCUT2D eigenvalue weighted by Crippen LogP contribution is 2.13. The lowest BCUT2D eigenvalue weighted by Gasteiger charge is -2.33. The highest BCUT2D eigenvalue weighted by atomic mass is 16.2. The number of nitrogens with two attached hydrogens (primary N) is 1. The first-order valence-electron chi connectivity index (χ1n) is 6.50. The fourth-order valence-electron chi connectivity index (χ4n) is 2.21. The summed E-state index contributed by atoms with van der Waals surface area (Å²) in [6, 6.07) is 7.60. The Morgan fingerprint density at radius 1 is 1.11 bits per heavy atom. The van der Waals surface area contributed by atoms with Crippen molar-refractivity contribution in [2.45, 2.75) is 13.3 Å². The van der Waals surface area contributed by atoms with Gasteiger partial charge in [-0.25, -0.2) is 0 Å². The molecular weight excluding hydrogens is 242 g/mol. The van der Waals surface area contributed by atoms with Gasteiger partial charge in [0.1, 0.15) is 0 Å². The molecule has 2 amide bonds. The van der Waals surface area contributed by atoms with Crippen LogP contribution in [0.25, 0.3) is 0 Å². The molecule has 2 rings (SSSR count). The van der Waals surface area contributed by atoms with Gasteiger partial charge in [-0.05, 0) is 25.0 Å². The zero-order valence-corrected chi connectivity index (χ0v) is 11.1. The topological polar surface area (TPSA) is 66.6 Å². The van der Waals surface area contributed by atoms with Crippen LogP contribution in [0.2, 0.25) is 0 Å². The van der Waals surface area contributed by atoms with Gasteiger partial charge in [0.15, 0.2) is 0 Å². The monoisotopic (exact) mass is 261 g/mol. The number of anilines is 1. The van der Waals surface area contributed by atoms with Crippen LogP contribution in [0, 0.1) is 0 Å². The average molecular weight is 261 g/mol. The van der Waals surface area contributed by atoms with E-state index < -0.39 is 0 Å². The lowest BCUT2D eigenvalue weighted by molar-refractivity contribution is -0.149. The van der Waals surface area contributed by atoms with Crippen molar-refractivity contribution in [3.05, 3.63) is 29.8 Å². The summed E-state index contributed by atoms with van der Waals surface area (Å²) in [7, 11) is 0. The Hall–Kier alpha value is -2.04. The molecule has 1 aliphatic heterocycles. The van der Waals surface area contributed by atoms with Gasteiger partial charge < -0.3 is 15.5 Å². The van der Waals surface area contributed by atoms with Gasteiger partial charge in [0.25, 0.3) is 0 Å². The standard InChI is InChI=1S/C14H19N3O2/c1-2-16-9-14(19)17(10-13(16)18)8-7-11-5-3-4-6-12(11)15/h3-6H,2,7-10,15H2,1H3. The number of amides is 2. The van der Waals surface area contributed by atoms with Crippen molar-refractivity contribution in [2.75, 3.05) is 31.9 Å². The molecule has 5 heteroatoms. The molecule has 1 fully saturated rings. The SMILES string of the molecule is CCN1CC(=O)N(CCc2ccccc2N)CC1=O. The summed E-state index contributed by atoms with van der Waals surface area (Å²) in [5, 5.41) is 0. The maximum absolute atomic E-state index is 11.9. The summed E-state index contributed by atoms with van der Waals surface area (Å²) in [4.78, 5) is 26.9. The van der Waals surface area contributed by atoms with Crippen molar-refractivity contribution >= 4 is 17.5 Å². The first-order valence-corrected chi connectivity index (χ1v) is 6.50. The molecular formula is C14H19N3O2. The van der Waals surface area contributed by atoms with Gasteiger partial charge >= 0.3 is 0 Å². The number of carbonyl (C=O) groups is 2. The van der Waals surface area contributed by atoms with Crippen LogP contribution >= 0.6 is 0 Å². The molecule has 1 aromatic rings. The van der Waals surface area contributed by atoms with Crippen LogP contribution in [-0.4, -0.2) is 47.8 Å². The summed E-state index contributed by atoms with van der Waals surface area (Å²) >= 11 is 0. The molecule has 1 heterocycles. The lowest BCUT2D eigenvalue weighted by atomic mass is 10.1. The number of piperazine rings is 1. The molecule has 0 spiro atoms. The van der Waals surface area contributed by atoms with E-state index in [0.29, 0.717) is 19.5 Å². The Kier molecular flexibility index (Phi) is 4.04. The number of rotatable bonds is 4. The second kappa shape index (κ2) is 5.73. The Labute approximate surface area is 113 Å². The van der Waals surface area contributed by atoms with Gasteiger partial charge in [-0.15, -0.1) is 0 Å². The van der Waals surface area contributed by atoms with Crippen LogP contribution in [0.5, 0.6) is 0 Å². The van der Waals surface area contributed by atoms with Crippen molar-refractivity contribution in [3.63, 3.8) is 0 Å². The molecule has 0 unspecified atom stereocenters. The van der Waals surface area contributed by atoms with E-state index in [1.165, 1.54) is 0 Å². The third kappa shape index (κ3) is 3.05. The van der Waals surface area contributed by atoms with E-state index in [0.717, 1.165) is 11.3 Å². The summed E-state index contributed by atoms with van der Waals surface area (Å²) in [5.74, 6) is 0.0269. The number of nitrogens with zero attached hydrogens (tertiary/aromatic N) is 2. The normalized spacial score (nSPS) is 16.1. The summed E-state index contributed by atoms with van der Waals surface area (Å²) < 4.78 is 0. The highest BCUT2D eigenvalue weighted by molar-refractivity contribution is 5.92. The first kappa shape index (κ1) is 13.4. The zero-order valence-electron chi connectivity index (χ0n) is 11.1. The van der Waals surface area contributed by atoms with Crippen molar-refractivity contribution in [1.29, 1.82) is 0 Å². The Bertz CT molecular complexity index is 487. The third-order valence-electron chi connectivity index (χ3n) is 3.45. The Morgan fingerprint density at radius 2 is 1.74 bits per heavy atom. The van der Waals surface area contributed by atoms with Crippen LogP contribution in [0.4, 0.5) is 5.69 Å². The number of para-hydroxylation sites is 1. The molecule has 19 heavy (non-hydrogen) atoms. The van der Waals surface area contributed by atoms with Gasteiger partial charge in [0.2, 0.25) is 11.8 Å². The molecule has 102 valence electrons. The lowest BCUT2D eigenvalue weighted by Crippen LogP contribution is -2.53. The van der Waals surface area contributed by atoms with Gasteiger partial charge in [-0.3, -0.25) is 9.59 Å². The number of nitrogen functional groups attached to an aromatic ring is 1. The van der Waals surface area contributed by atoms with Crippen LogP contribution in [-0.2, 0) is 16.0 Å². The van der Waals surface area contributed by atoms with E-state index >= 15 is 0 Å². The predicted octanol–water partition coefficient (Wildman–Crippen LogP) is 0.502. The summed E-state index contributed by atoms with van der Waals surface area (Å²) in [6.07, 6.45) is 0.678. The van der Waals surface area contributed by atoms with Crippen LogP contribution in [0.3, 0.4) is 0 Å². The first-order chi connectivity index (χ1) is 9.11. The maximum Gasteiger partial charge on any atom is 0.242 e. The molecule has 0 aromatic heterocycles. The van der Waals surface area contributed by atoms with Gasteiger partial charge in [-0.1, -0.05) is 18.2 Å². The molecule has 1 aliphatic rings. The van der Waals surface area contributed by atoms with E-state index in [4.69, 9.17) is 5.73 Å². The number of benzene rings is 1.